The SMILES string of the molecule is Cc1cc2c(CCc3ccc(Cl)cc3)csc2[nH]1. The van der Waals surface area contributed by atoms with E-state index in [9.17, 15) is 0 Å². The van der Waals surface area contributed by atoms with E-state index in [1.807, 2.05) is 12.1 Å². The van der Waals surface area contributed by atoms with Crippen molar-refractivity contribution in [1.82, 2.24) is 4.98 Å². The highest BCUT2D eigenvalue weighted by Gasteiger charge is 2.06. The average molecular weight is 276 g/mol. The molecule has 92 valence electrons. The molecule has 2 heterocycles. The van der Waals surface area contributed by atoms with Crippen molar-refractivity contribution in [2.24, 2.45) is 0 Å². The predicted molar refractivity (Wildman–Crippen MR) is 79.8 cm³/mol. The summed E-state index contributed by atoms with van der Waals surface area (Å²) in [7, 11) is 0. The first-order valence-electron chi connectivity index (χ1n) is 6.02. The van der Waals surface area contributed by atoms with E-state index in [0.717, 1.165) is 17.9 Å². The van der Waals surface area contributed by atoms with E-state index in [0.29, 0.717) is 0 Å². The fourth-order valence-electron chi connectivity index (χ4n) is 2.21. The van der Waals surface area contributed by atoms with Gasteiger partial charge in [-0.15, -0.1) is 11.3 Å². The zero-order valence-corrected chi connectivity index (χ0v) is 11.7. The third kappa shape index (κ3) is 2.31. The highest BCUT2D eigenvalue weighted by atomic mass is 35.5. The van der Waals surface area contributed by atoms with Gasteiger partial charge in [0.2, 0.25) is 0 Å². The summed E-state index contributed by atoms with van der Waals surface area (Å²) in [6.45, 7) is 2.11. The molecule has 0 aliphatic rings. The Labute approximate surface area is 115 Å². The lowest BCUT2D eigenvalue weighted by atomic mass is 10.1. The van der Waals surface area contributed by atoms with Gasteiger partial charge in [0.15, 0.2) is 0 Å². The Balaban J connectivity index is 1.78. The van der Waals surface area contributed by atoms with E-state index in [1.165, 1.54) is 27.0 Å². The Morgan fingerprint density at radius 3 is 2.72 bits per heavy atom. The molecule has 3 rings (SSSR count). The molecule has 18 heavy (non-hydrogen) atoms. The summed E-state index contributed by atoms with van der Waals surface area (Å²) in [5.74, 6) is 0. The third-order valence-corrected chi connectivity index (χ3v) is 4.39. The second-order valence-electron chi connectivity index (χ2n) is 4.58. The first-order valence-corrected chi connectivity index (χ1v) is 7.28. The summed E-state index contributed by atoms with van der Waals surface area (Å²) in [6.07, 6.45) is 2.14. The van der Waals surface area contributed by atoms with Crippen LogP contribution in [-0.4, -0.2) is 4.98 Å². The van der Waals surface area contributed by atoms with Gasteiger partial charge in [-0.25, -0.2) is 0 Å². The molecule has 0 spiro atoms. The van der Waals surface area contributed by atoms with Crippen LogP contribution in [0.15, 0.2) is 35.7 Å². The van der Waals surface area contributed by atoms with Gasteiger partial charge in [0, 0.05) is 16.1 Å². The van der Waals surface area contributed by atoms with Crippen molar-refractivity contribution in [2.75, 3.05) is 0 Å². The van der Waals surface area contributed by atoms with Crippen LogP contribution in [0.4, 0.5) is 0 Å². The van der Waals surface area contributed by atoms with Gasteiger partial charge in [0.1, 0.15) is 4.83 Å². The van der Waals surface area contributed by atoms with Crippen molar-refractivity contribution < 1.29 is 0 Å². The molecule has 0 saturated heterocycles. The first-order chi connectivity index (χ1) is 8.72. The molecule has 0 aliphatic carbocycles. The zero-order valence-electron chi connectivity index (χ0n) is 10.2. The van der Waals surface area contributed by atoms with Crippen molar-refractivity contribution in [1.29, 1.82) is 0 Å². The number of aryl methyl sites for hydroxylation is 3. The molecule has 0 atom stereocenters. The minimum Gasteiger partial charge on any atom is -0.350 e. The lowest BCUT2D eigenvalue weighted by Gasteiger charge is -2.00. The van der Waals surface area contributed by atoms with Crippen LogP contribution in [0, 0.1) is 6.92 Å². The number of hydrogen-bond acceptors (Lipinski definition) is 1. The van der Waals surface area contributed by atoms with Gasteiger partial charge in [-0.05, 0) is 54.5 Å². The lowest BCUT2D eigenvalue weighted by Crippen LogP contribution is -1.89. The minimum atomic E-state index is 0.804. The van der Waals surface area contributed by atoms with Crippen LogP contribution >= 0.6 is 22.9 Å². The van der Waals surface area contributed by atoms with Crippen molar-refractivity contribution in [3.05, 3.63) is 57.6 Å². The van der Waals surface area contributed by atoms with Crippen LogP contribution in [0.2, 0.25) is 5.02 Å². The van der Waals surface area contributed by atoms with E-state index in [4.69, 9.17) is 11.6 Å². The molecule has 2 aromatic heterocycles. The van der Waals surface area contributed by atoms with Gasteiger partial charge < -0.3 is 4.98 Å². The van der Waals surface area contributed by atoms with Crippen molar-refractivity contribution >= 4 is 33.2 Å². The third-order valence-electron chi connectivity index (χ3n) is 3.18. The van der Waals surface area contributed by atoms with E-state index in [2.05, 4.69) is 35.5 Å². The number of thiophene rings is 1. The Bertz CT molecular complexity index is 663. The smallest absolute Gasteiger partial charge is 0.100 e. The van der Waals surface area contributed by atoms with E-state index in [-0.39, 0.29) is 0 Å². The summed E-state index contributed by atoms with van der Waals surface area (Å²) in [6, 6.07) is 10.4. The molecule has 0 bridgehead atoms. The largest absolute Gasteiger partial charge is 0.350 e. The minimum absolute atomic E-state index is 0.804. The number of halogens is 1. The molecular formula is C15H14ClNS. The molecule has 0 fully saturated rings. The Kier molecular flexibility index (Phi) is 3.14. The van der Waals surface area contributed by atoms with E-state index in [1.54, 1.807) is 11.3 Å². The number of fused-ring (bicyclic) bond motifs is 1. The highest BCUT2D eigenvalue weighted by Crippen LogP contribution is 2.27. The van der Waals surface area contributed by atoms with Crippen LogP contribution in [0.5, 0.6) is 0 Å². The van der Waals surface area contributed by atoms with Crippen molar-refractivity contribution in [2.45, 2.75) is 19.8 Å². The number of nitrogens with one attached hydrogen (secondary N) is 1. The van der Waals surface area contributed by atoms with Crippen LogP contribution in [-0.2, 0) is 12.8 Å². The van der Waals surface area contributed by atoms with Crippen molar-refractivity contribution in [3.63, 3.8) is 0 Å². The fourth-order valence-corrected chi connectivity index (χ4v) is 3.38. The molecule has 0 radical (unpaired) electrons. The van der Waals surface area contributed by atoms with Gasteiger partial charge in [0.25, 0.3) is 0 Å². The number of hydrogen-bond donors (Lipinski definition) is 1. The first kappa shape index (κ1) is 11.8. The van der Waals surface area contributed by atoms with Gasteiger partial charge in [0.05, 0.1) is 0 Å². The molecule has 0 aliphatic heterocycles. The van der Waals surface area contributed by atoms with Gasteiger partial charge in [-0.1, -0.05) is 23.7 Å². The summed E-state index contributed by atoms with van der Waals surface area (Å²) in [5, 5.41) is 4.45. The number of rotatable bonds is 3. The lowest BCUT2D eigenvalue weighted by molar-refractivity contribution is 0.973. The van der Waals surface area contributed by atoms with Gasteiger partial charge in [-0.3, -0.25) is 0 Å². The second kappa shape index (κ2) is 4.79. The zero-order chi connectivity index (χ0) is 12.5. The summed E-state index contributed by atoms with van der Waals surface area (Å²) >= 11 is 7.69. The normalized spacial score (nSPS) is 11.2. The van der Waals surface area contributed by atoms with Crippen LogP contribution in [0.1, 0.15) is 16.8 Å². The molecule has 3 heteroatoms. The number of aromatic amines is 1. The van der Waals surface area contributed by atoms with Gasteiger partial charge in [-0.2, -0.15) is 0 Å². The molecular weight excluding hydrogens is 262 g/mol. The highest BCUT2D eigenvalue weighted by molar-refractivity contribution is 7.17. The van der Waals surface area contributed by atoms with E-state index >= 15 is 0 Å². The maximum atomic E-state index is 5.89. The predicted octanol–water partition coefficient (Wildman–Crippen LogP) is 4.98. The monoisotopic (exact) mass is 275 g/mol. The number of H-pyrrole nitrogens is 1. The molecule has 0 amide bonds. The Morgan fingerprint density at radius 1 is 1.17 bits per heavy atom. The summed E-state index contributed by atoms with van der Waals surface area (Å²) in [5.41, 5.74) is 4.02. The summed E-state index contributed by atoms with van der Waals surface area (Å²) < 4.78 is 0. The van der Waals surface area contributed by atoms with Crippen LogP contribution in [0.25, 0.3) is 10.2 Å². The summed E-state index contributed by atoms with van der Waals surface area (Å²) in [4.78, 5) is 4.68. The maximum Gasteiger partial charge on any atom is 0.100 e. The van der Waals surface area contributed by atoms with Gasteiger partial charge >= 0.3 is 0 Å². The fraction of sp³-hybridized carbons (Fsp3) is 0.200. The molecule has 1 nitrogen and oxygen atoms in total. The molecule has 1 N–H and O–H groups in total. The van der Waals surface area contributed by atoms with Crippen molar-refractivity contribution in [3.8, 4) is 0 Å². The van der Waals surface area contributed by atoms with E-state index < -0.39 is 0 Å². The quantitative estimate of drug-likeness (QED) is 0.694. The molecule has 3 aromatic rings. The molecule has 0 unspecified atom stereocenters. The molecule has 1 aromatic carbocycles. The topological polar surface area (TPSA) is 15.8 Å². The van der Waals surface area contributed by atoms with Crippen LogP contribution < -0.4 is 0 Å². The number of benzene rings is 1. The Morgan fingerprint density at radius 2 is 1.94 bits per heavy atom. The van der Waals surface area contributed by atoms with Crippen LogP contribution in [0.3, 0.4) is 0 Å². The second-order valence-corrected chi connectivity index (χ2v) is 5.90. The Hall–Kier alpha value is -1.25. The standard InChI is InChI=1S/C15H14ClNS/c1-10-8-14-12(9-18-15(14)17-10)5-2-11-3-6-13(16)7-4-11/h3-4,6-9,17H,2,5H2,1H3. The maximum absolute atomic E-state index is 5.89. The number of aromatic nitrogens is 1. The molecule has 0 saturated carbocycles. The average Bonchev–Trinajstić information content (AvgIpc) is 2.88.